The number of amides is 4. The molecule has 2 saturated heterocycles. The smallest absolute Gasteiger partial charge is 0.262 e. The van der Waals surface area contributed by atoms with Crippen molar-refractivity contribution in [3.63, 3.8) is 0 Å². The van der Waals surface area contributed by atoms with E-state index in [1.807, 2.05) is 25.7 Å². The predicted octanol–water partition coefficient (Wildman–Crippen LogP) is 6.57. The fourth-order valence-corrected chi connectivity index (χ4v) is 8.43. The lowest BCUT2D eigenvalue weighted by Gasteiger charge is -2.36. The number of halogens is 1. The molecule has 0 bridgehead atoms. The second-order valence-corrected chi connectivity index (χ2v) is 15.5. The van der Waals surface area contributed by atoms with E-state index in [1.54, 1.807) is 0 Å². The summed E-state index contributed by atoms with van der Waals surface area (Å²) in [5.74, 6) is -2.46. The first kappa shape index (κ1) is 37.1. The van der Waals surface area contributed by atoms with Crippen molar-refractivity contribution < 1.29 is 32.8 Å². The van der Waals surface area contributed by atoms with Gasteiger partial charge in [-0.1, -0.05) is 29.4 Å². The summed E-state index contributed by atoms with van der Waals surface area (Å²) in [6.45, 7) is 9.45. The van der Waals surface area contributed by atoms with Crippen LogP contribution in [0.25, 0.3) is 11.1 Å². The van der Waals surface area contributed by atoms with E-state index in [1.165, 1.54) is 6.07 Å². The van der Waals surface area contributed by atoms with Gasteiger partial charge in [0.1, 0.15) is 17.6 Å². The molecular weight excluding hydrogens is 716 g/mol. The number of nitrogens with zero attached hydrogens (tertiary/aromatic N) is 5. The largest absolute Gasteiger partial charge is 0.373 e. The summed E-state index contributed by atoms with van der Waals surface area (Å²) < 4.78 is 27.8. The van der Waals surface area contributed by atoms with E-state index >= 15 is 4.39 Å². The molecule has 4 heterocycles. The highest BCUT2D eigenvalue weighted by atomic mass is 19.1. The van der Waals surface area contributed by atoms with Gasteiger partial charge in [0.25, 0.3) is 11.8 Å². The van der Waals surface area contributed by atoms with Crippen LogP contribution in [0.1, 0.15) is 88.7 Å². The second kappa shape index (κ2) is 14.3. The fraction of sp³-hybridized carbons (Fsp3) is 0.395. The Morgan fingerprint density at radius 1 is 1.00 bits per heavy atom. The summed E-state index contributed by atoms with van der Waals surface area (Å²) in [6.07, 6.45) is 2.69. The van der Waals surface area contributed by atoms with Gasteiger partial charge in [0.05, 0.1) is 46.2 Å². The van der Waals surface area contributed by atoms with Gasteiger partial charge in [-0.25, -0.2) is 4.39 Å². The number of hydrogen-bond acceptors (Lipinski definition) is 10. The van der Waals surface area contributed by atoms with Crippen molar-refractivity contribution in [1.82, 2.24) is 15.4 Å². The van der Waals surface area contributed by atoms with E-state index < -0.39 is 35.5 Å². The number of ether oxygens (including phenoxy) is 1. The van der Waals surface area contributed by atoms with E-state index in [4.69, 9.17) is 9.26 Å². The number of aryl methyl sites for hydroxylation is 3. The lowest BCUT2D eigenvalue weighted by Crippen LogP contribution is -2.54. The van der Waals surface area contributed by atoms with Gasteiger partial charge < -0.3 is 19.1 Å². The van der Waals surface area contributed by atoms with Gasteiger partial charge in [-0.3, -0.25) is 29.4 Å². The minimum atomic E-state index is -1.12. The van der Waals surface area contributed by atoms with E-state index in [-0.39, 0.29) is 47.3 Å². The molecule has 1 aromatic heterocycles. The van der Waals surface area contributed by atoms with E-state index in [0.717, 1.165) is 68.9 Å². The Morgan fingerprint density at radius 3 is 2.32 bits per heavy atom. The van der Waals surface area contributed by atoms with E-state index in [2.05, 4.69) is 70.8 Å². The zero-order valence-electron chi connectivity index (χ0n) is 31.9. The SMILES string of the molecule is Cc1ccc(-c2c(C)noc2C)cc1N(CC(C)OC1CCN(c2cc3c(cc2F)C(=O)N(C2CCC(=O)NC2=O)C3=O)CC1)c1ccc(C2(C#N)CC2)cc1. The molecule has 56 heavy (non-hydrogen) atoms. The third kappa shape index (κ3) is 6.61. The highest BCUT2D eigenvalue weighted by Crippen LogP contribution is 2.48. The Hall–Kier alpha value is -5.87. The lowest BCUT2D eigenvalue weighted by atomic mass is 9.97. The number of carbonyl (C=O) groups is 4. The minimum Gasteiger partial charge on any atom is -0.373 e. The molecule has 3 aliphatic heterocycles. The predicted molar refractivity (Wildman–Crippen MR) is 205 cm³/mol. The van der Waals surface area contributed by atoms with Gasteiger partial charge >= 0.3 is 0 Å². The number of nitrogens with one attached hydrogen (secondary N) is 1. The summed E-state index contributed by atoms with van der Waals surface area (Å²) in [5.41, 5.74) is 6.67. The van der Waals surface area contributed by atoms with Gasteiger partial charge in [-0.15, -0.1) is 0 Å². The Labute approximate surface area is 324 Å². The van der Waals surface area contributed by atoms with Crippen LogP contribution >= 0.6 is 0 Å². The van der Waals surface area contributed by atoms with Crippen molar-refractivity contribution in [2.45, 2.75) is 89.9 Å². The van der Waals surface area contributed by atoms with Crippen molar-refractivity contribution >= 4 is 40.7 Å². The molecule has 0 spiro atoms. The maximum absolute atomic E-state index is 15.6. The highest BCUT2D eigenvalue weighted by Gasteiger charge is 2.46. The molecule has 1 N–H and O–H groups in total. The van der Waals surface area contributed by atoms with Crippen LogP contribution in [0, 0.1) is 37.9 Å². The number of imide groups is 2. The van der Waals surface area contributed by atoms with Crippen LogP contribution in [0.15, 0.2) is 59.1 Å². The van der Waals surface area contributed by atoms with Crippen molar-refractivity contribution in [2.24, 2.45) is 0 Å². The first-order valence-corrected chi connectivity index (χ1v) is 19.2. The topological polar surface area (TPSA) is 149 Å². The Bertz CT molecular complexity index is 2280. The van der Waals surface area contributed by atoms with Crippen LogP contribution < -0.4 is 15.1 Å². The third-order valence-corrected chi connectivity index (χ3v) is 11.7. The van der Waals surface area contributed by atoms with Crippen LogP contribution in [-0.4, -0.2) is 71.6 Å². The molecule has 1 saturated carbocycles. The molecule has 8 rings (SSSR count). The molecule has 0 radical (unpaired) electrons. The molecule has 3 aromatic carbocycles. The van der Waals surface area contributed by atoms with E-state index in [9.17, 15) is 24.4 Å². The molecule has 1 aliphatic carbocycles. The number of hydrogen-bond donors (Lipinski definition) is 1. The molecule has 2 unspecified atom stereocenters. The number of rotatable bonds is 10. The average Bonchev–Trinajstić information content (AvgIpc) is 3.87. The maximum Gasteiger partial charge on any atom is 0.262 e. The zero-order chi connectivity index (χ0) is 39.5. The second-order valence-electron chi connectivity index (χ2n) is 15.5. The summed E-state index contributed by atoms with van der Waals surface area (Å²) in [5, 5.41) is 16.2. The number of anilines is 3. The number of nitriles is 1. The zero-order valence-corrected chi connectivity index (χ0v) is 31.9. The minimum absolute atomic E-state index is 0.00433. The molecule has 2 atom stereocenters. The molecule has 4 amide bonds. The third-order valence-electron chi connectivity index (χ3n) is 11.7. The normalized spacial score (nSPS) is 19.8. The van der Waals surface area contributed by atoms with Gasteiger partial charge in [0.2, 0.25) is 11.8 Å². The molecule has 13 heteroatoms. The van der Waals surface area contributed by atoms with Crippen LogP contribution in [0.3, 0.4) is 0 Å². The summed E-state index contributed by atoms with van der Waals surface area (Å²) in [6, 6.07) is 18.5. The molecule has 4 aliphatic rings. The van der Waals surface area contributed by atoms with Crippen LogP contribution in [0.4, 0.5) is 21.5 Å². The number of aromatic nitrogens is 1. The first-order chi connectivity index (χ1) is 26.9. The van der Waals surface area contributed by atoms with Gasteiger partial charge in [-0.2, -0.15) is 5.26 Å². The maximum atomic E-state index is 15.6. The summed E-state index contributed by atoms with van der Waals surface area (Å²) in [4.78, 5) is 55.7. The molecule has 12 nitrogen and oxygen atoms in total. The fourth-order valence-electron chi connectivity index (χ4n) is 8.43. The van der Waals surface area contributed by atoms with Crippen molar-refractivity contribution in [1.29, 1.82) is 5.26 Å². The quantitative estimate of drug-likeness (QED) is 0.176. The van der Waals surface area contributed by atoms with E-state index in [0.29, 0.717) is 32.5 Å². The monoisotopic (exact) mass is 758 g/mol. The Kier molecular flexibility index (Phi) is 9.48. The Balaban J connectivity index is 0.975. The average molecular weight is 759 g/mol. The summed E-state index contributed by atoms with van der Waals surface area (Å²) in [7, 11) is 0. The van der Waals surface area contributed by atoms with Crippen LogP contribution in [0.5, 0.6) is 0 Å². The number of fused-ring (bicyclic) bond motifs is 1. The number of piperidine rings is 2. The van der Waals surface area contributed by atoms with Gasteiger partial charge in [0, 0.05) is 43.0 Å². The lowest BCUT2D eigenvalue weighted by molar-refractivity contribution is -0.136. The summed E-state index contributed by atoms with van der Waals surface area (Å²) >= 11 is 0. The van der Waals surface area contributed by atoms with Crippen LogP contribution in [0.2, 0.25) is 0 Å². The number of carbonyl (C=O) groups excluding carboxylic acids is 4. The highest BCUT2D eigenvalue weighted by molar-refractivity contribution is 6.23. The van der Waals surface area contributed by atoms with Crippen molar-refractivity contribution in [3.8, 4) is 17.2 Å². The molecule has 3 fully saturated rings. The Morgan fingerprint density at radius 2 is 1.70 bits per heavy atom. The van der Waals surface area contributed by atoms with Crippen molar-refractivity contribution in [3.05, 3.63) is 94.1 Å². The number of benzene rings is 3. The van der Waals surface area contributed by atoms with Crippen molar-refractivity contribution in [2.75, 3.05) is 29.4 Å². The van der Waals surface area contributed by atoms with Gasteiger partial charge in [0.15, 0.2) is 0 Å². The molecule has 288 valence electrons. The van der Waals surface area contributed by atoms with Gasteiger partial charge in [-0.05, 0) is 107 Å². The molecule has 4 aromatic rings. The first-order valence-electron chi connectivity index (χ1n) is 19.2. The molecular formula is C43H43FN6O6. The van der Waals surface area contributed by atoms with Crippen LogP contribution in [-0.2, 0) is 19.7 Å². The standard InChI is InChI=1S/C43H43FN6O6/c1-24-5-6-28(39-26(3)47-56-27(39)4)19-36(24)49(30-9-7-29(8-10-30)43(23-45)15-16-43)22-25(2)55-31-13-17-48(18-14-31)37-21-33-32(20-34(37)44)41(53)50(42(33)54)35-11-12-38(51)46-40(35)52/h5-10,19-21,25,31,35H,11-18,22H2,1-4H3,(H,46,51,52).